The third-order valence-corrected chi connectivity index (χ3v) is 5.33. The van der Waals surface area contributed by atoms with E-state index < -0.39 is 0 Å². The smallest absolute Gasteiger partial charge is 0.257 e. The summed E-state index contributed by atoms with van der Waals surface area (Å²) in [6.07, 6.45) is 4.22. The van der Waals surface area contributed by atoms with Crippen molar-refractivity contribution in [3.05, 3.63) is 46.5 Å². The zero-order valence-electron chi connectivity index (χ0n) is 11.8. The van der Waals surface area contributed by atoms with Gasteiger partial charge in [-0.15, -0.1) is 0 Å². The van der Waals surface area contributed by atoms with Gasteiger partial charge in [-0.05, 0) is 34.9 Å². The molecule has 0 aromatic carbocycles. The fourth-order valence-corrected chi connectivity index (χ4v) is 4.25. The maximum Gasteiger partial charge on any atom is 0.257 e. The van der Waals surface area contributed by atoms with Crippen LogP contribution in [0.2, 0.25) is 0 Å². The Kier molecular flexibility index (Phi) is 3.12. The molecule has 2 aliphatic rings. The summed E-state index contributed by atoms with van der Waals surface area (Å²) in [7, 11) is 0. The van der Waals surface area contributed by atoms with Crippen molar-refractivity contribution in [1.82, 2.24) is 9.80 Å². The summed E-state index contributed by atoms with van der Waals surface area (Å²) in [5.41, 5.74) is 2.40. The van der Waals surface area contributed by atoms with Crippen LogP contribution in [0.4, 0.5) is 0 Å². The number of carbonyl (C=O) groups excluding carboxylic acids is 1. The van der Waals surface area contributed by atoms with Crippen LogP contribution in [0.5, 0.6) is 0 Å². The lowest BCUT2D eigenvalue weighted by Crippen LogP contribution is -2.57. The van der Waals surface area contributed by atoms with E-state index in [0.717, 1.165) is 39.1 Å². The van der Waals surface area contributed by atoms with Crippen LogP contribution in [-0.2, 0) is 6.54 Å². The minimum absolute atomic E-state index is 0.108. The number of nitrogens with zero attached hydrogens (tertiary/aromatic N) is 2. The van der Waals surface area contributed by atoms with Crippen LogP contribution in [0.3, 0.4) is 0 Å². The molecule has 2 fully saturated rings. The highest BCUT2D eigenvalue weighted by molar-refractivity contribution is 7.07. The lowest BCUT2D eigenvalue weighted by Gasteiger charge is -2.48. The van der Waals surface area contributed by atoms with E-state index in [4.69, 9.17) is 4.42 Å². The van der Waals surface area contributed by atoms with E-state index in [9.17, 15) is 4.79 Å². The zero-order chi connectivity index (χ0) is 14.3. The molecule has 4 heterocycles. The molecule has 2 saturated heterocycles. The molecule has 21 heavy (non-hydrogen) atoms. The van der Waals surface area contributed by atoms with E-state index in [0.29, 0.717) is 11.0 Å². The van der Waals surface area contributed by atoms with E-state index in [1.807, 2.05) is 4.90 Å². The van der Waals surface area contributed by atoms with Crippen molar-refractivity contribution in [3.8, 4) is 0 Å². The largest absolute Gasteiger partial charge is 0.472 e. The van der Waals surface area contributed by atoms with Gasteiger partial charge in [0.2, 0.25) is 0 Å². The third kappa shape index (κ3) is 2.40. The van der Waals surface area contributed by atoms with Crippen molar-refractivity contribution in [2.45, 2.75) is 13.0 Å². The molecule has 1 spiro atoms. The van der Waals surface area contributed by atoms with Crippen molar-refractivity contribution in [2.75, 3.05) is 26.2 Å². The molecule has 0 saturated carbocycles. The number of likely N-dealkylation sites (tertiary alicyclic amines) is 2. The second-order valence-corrected chi connectivity index (χ2v) is 7.05. The number of hydrogen-bond acceptors (Lipinski definition) is 4. The lowest BCUT2D eigenvalue weighted by atomic mass is 9.79. The number of rotatable bonds is 3. The molecule has 0 radical (unpaired) electrons. The molecule has 0 bridgehead atoms. The monoisotopic (exact) mass is 302 g/mol. The van der Waals surface area contributed by atoms with Crippen LogP contribution in [0.1, 0.15) is 22.3 Å². The summed E-state index contributed by atoms with van der Waals surface area (Å²) in [5, 5.41) is 4.35. The normalized spacial score (nSPS) is 20.9. The van der Waals surface area contributed by atoms with Crippen molar-refractivity contribution in [2.24, 2.45) is 5.41 Å². The second-order valence-electron chi connectivity index (χ2n) is 6.27. The van der Waals surface area contributed by atoms with E-state index in [1.165, 1.54) is 11.8 Å². The summed E-state index contributed by atoms with van der Waals surface area (Å²) in [6.45, 7) is 5.02. The van der Waals surface area contributed by atoms with E-state index in [1.54, 1.807) is 23.7 Å². The second kappa shape index (κ2) is 5.00. The van der Waals surface area contributed by atoms with Crippen LogP contribution in [0, 0.1) is 5.41 Å². The summed E-state index contributed by atoms with van der Waals surface area (Å²) in [4.78, 5) is 16.8. The van der Waals surface area contributed by atoms with Gasteiger partial charge in [-0.1, -0.05) is 0 Å². The Labute approximate surface area is 128 Å². The van der Waals surface area contributed by atoms with Crippen molar-refractivity contribution in [1.29, 1.82) is 0 Å². The van der Waals surface area contributed by atoms with Gasteiger partial charge in [0, 0.05) is 38.1 Å². The summed E-state index contributed by atoms with van der Waals surface area (Å²) < 4.78 is 5.01. The molecule has 1 amide bonds. The Hall–Kier alpha value is -1.59. The molecule has 0 atom stereocenters. The van der Waals surface area contributed by atoms with Crippen LogP contribution < -0.4 is 0 Å². The van der Waals surface area contributed by atoms with Gasteiger partial charge in [0.25, 0.3) is 5.91 Å². The highest BCUT2D eigenvalue weighted by Crippen LogP contribution is 2.40. The number of amides is 1. The van der Waals surface area contributed by atoms with Gasteiger partial charge in [0.1, 0.15) is 6.26 Å². The van der Waals surface area contributed by atoms with Crippen molar-refractivity contribution >= 4 is 17.2 Å². The topological polar surface area (TPSA) is 36.7 Å². The Balaban J connectivity index is 1.34. The van der Waals surface area contributed by atoms with Crippen molar-refractivity contribution in [3.63, 3.8) is 0 Å². The summed E-state index contributed by atoms with van der Waals surface area (Å²) >= 11 is 1.75. The molecule has 2 aromatic rings. The highest BCUT2D eigenvalue weighted by Gasteiger charge is 2.48. The molecule has 0 aliphatic carbocycles. The Morgan fingerprint density at radius 2 is 2.24 bits per heavy atom. The fraction of sp³-hybridized carbons (Fsp3) is 0.438. The van der Waals surface area contributed by atoms with Crippen LogP contribution >= 0.6 is 11.3 Å². The van der Waals surface area contributed by atoms with E-state index >= 15 is 0 Å². The Morgan fingerprint density at radius 1 is 1.33 bits per heavy atom. The molecule has 2 aliphatic heterocycles. The van der Waals surface area contributed by atoms with Gasteiger partial charge in [-0.3, -0.25) is 9.69 Å². The summed E-state index contributed by atoms with van der Waals surface area (Å²) in [6, 6.07) is 3.94. The van der Waals surface area contributed by atoms with Crippen LogP contribution in [0.25, 0.3) is 0 Å². The molecular weight excluding hydrogens is 284 g/mol. The first-order valence-corrected chi connectivity index (χ1v) is 8.23. The standard InChI is InChI=1S/C16H18N2O2S/c19-15(14-1-5-20-8-14)18-4-3-16(12-18)10-17(11-16)7-13-2-6-21-9-13/h1-2,5-6,8-9H,3-4,7,10-12H2. The number of furan rings is 1. The van der Waals surface area contributed by atoms with Gasteiger partial charge in [0.05, 0.1) is 11.8 Å². The number of carbonyl (C=O) groups is 1. The Bertz CT molecular complexity index is 615. The minimum atomic E-state index is 0.108. The molecular formula is C16H18N2O2S. The lowest BCUT2D eigenvalue weighted by molar-refractivity contribution is 0.00268. The highest BCUT2D eigenvalue weighted by atomic mass is 32.1. The molecule has 5 heteroatoms. The first-order chi connectivity index (χ1) is 10.2. The van der Waals surface area contributed by atoms with Crippen LogP contribution in [0.15, 0.2) is 39.8 Å². The first kappa shape index (κ1) is 13.1. The molecule has 4 nitrogen and oxygen atoms in total. The number of hydrogen-bond donors (Lipinski definition) is 0. The maximum absolute atomic E-state index is 12.3. The van der Waals surface area contributed by atoms with Gasteiger partial charge >= 0.3 is 0 Å². The molecule has 4 rings (SSSR count). The molecule has 0 unspecified atom stereocenters. The van der Waals surface area contributed by atoms with E-state index in [-0.39, 0.29) is 5.91 Å². The zero-order valence-corrected chi connectivity index (χ0v) is 12.6. The molecule has 110 valence electrons. The van der Waals surface area contributed by atoms with Gasteiger partial charge in [-0.2, -0.15) is 11.3 Å². The SMILES string of the molecule is O=C(c1ccoc1)N1CCC2(CN(Cc3ccsc3)C2)C1. The third-order valence-electron chi connectivity index (χ3n) is 4.60. The average molecular weight is 302 g/mol. The quantitative estimate of drug-likeness (QED) is 0.874. The van der Waals surface area contributed by atoms with Gasteiger partial charge < -0.3 is 9.32 Å². The van der Waals surface area contributed by atoms with Crippen LogP contribution in [-0.4, -0.2) is 41.9 Å². The van der Waals surface area contributed by atoms with Gasteiger partial charge in [0.15, 0.2) is 0 Å². The average Bonchev–Trinajstić information content (AvgIpc) is 3.19. The van der Waals surface area contributed by atoms with E-state index in [2.05, 4.69) is 21.7 Å². The summed E-state index contributed by atoms with van der Waals surface area (Å²) in [5.74, 6) is 0.108. The molecule has 0 N–H and O–H groups in total. The maximum atomic E-state index is 12.3. The van der Waals surface area contributed by atoms with Crippen molar-refractivity contribution < 1.29 is 9.21 Å². The molecule has 2 aromatic heterocycles. The Morgan fingerprint density at radius 3 is 2.95 bits per heavy atom. The first-order valence-electron chi connectivity index (χ1n) is 7.29. The predicted molar refractivity (Wildman–Crippen MR) is 81.3 cm³/mol. The van der Waals surface area contributed by atoms with Gasteiger partial charge in [-0.25, -0.2) is 0 Å². The number of thiophene rings is 1. The predicted octanol–water partition coefficient (Wildman–Crippen LogP) is 2.69. The minimum Gasteiger partial charge on any atom is -0.472 e. The fourth-order valence-electron chi connectivity index (χ4n) is 3.59.